The Labute approximate surface area is 88.7 Å². The molecule has 0 heterocycles. The van der Waals surface area contributed by atoms with Crippen molar-refractivity contribution in [2.75, 3.05) is 13.7 Å². The first kappa shape index (κ1) is 11.9. The van der Waals surface area contributed by atoms with E-state index >= 15 is 0 Å². The standard InChI is InChI=1S/C11H16FNO2/c1-15-11-7-8(12)4-5-9(11)10(13)3-2-6-14/h4-5,7,10,14H,2-3,6,13H2,1H3/t10-/m0/s1. The number of nitrogens with two attached hydrogens (primary N) is 1. The van der Waals surface area contributed by atoms with Gasteiger partial charge in [0.25, 0.3) is 0 Å². The van der Waals surface area contributed by atoms with E-state index < -0.39 is 0 Å². The highest BCUT2D eigenvalue weighted by Gasteiger charge is 2.12. The fourth-order valence-electron chi connectivity index (χ4n) is 1.46. The maximum Gasteiger partial charge on any atom is 0.126 e. The Hall–Kier alpha value is -1.13. The molecule has 0 fully saturated rings. The van der Waals surface area contributed by atoms with Crippen molar-refractivity contribution < 1.29 is 14.2 Å². The van der Waals surface area contributed by atoms with Crippen molar-refractivity contribution in [3.05, 3.63) is 29.6 Å². The third kappa shape index (κ3) is 3.18. The van der Waals surface area contributed by atoms with Crippen LogP contribution in [0.15, 0.2) is 18.2 Å². The molecule has 84 valence electrons. The van der Waals surface area contributed by atoms with E-state index in [4.69, 9.17) is 15.6 Å². The maximum atomic E-state index is 12.9. The Bertz CT molecular complexity index is 317. The maximum absolute atomic E-state index is 12.9. The second kappa shape index (κ2) is 5.68. The van der Waals surface area contributed by atoms with Crippen LogP contribution in [0.3, 0.4) is 0 Å². The Morgan fingerprint density at radius 1 is 1.53 bits per heavy atom. The van der Waals surface area contributed by atoms with Crippen LogP contribution < -0.4 is 10.5 Å². The number of aliphatic hydroxyl groups is 1. The summed E-state index contributed by atoms with van der Waals surface area (Å²) in [5.74, 6) is 0.116. The van der Waals surface area contributed by atoms with Gasteiger partial charge >= 0.3 is 0 Å². The van der Waals surface area contributed by atoms with E-state index in [1.807, 2.05) is 0 Å². The number of halogens is 1. The van der Waals surface area contributed by atoms with Gasteiger partial charge in [0.1, 0.15) is 11.6 Å². The van der Waals surface area contributed by atoms with Crippen LogP contribution in [0.5, 0.6) is 5.75 Å². The topological polar surface area (TPSA) is 55.5 Å². The Morgan fingerprint density at radius 2 is 2.27 bits per heavy atom. The minimum absolute atomic E-state index is 0.108. The van der Waals surface area contributed by atoms with E-state index in [0.717, 1.165) is 5.56 Å². The summed E-state index contributed by atoms with van der Waals surface area (Å²) in [6.45, 7) is 0.108. The van der Waals surface area contributed by atoms with E-state index in [2.05, 4.69) is 0 Å². The summed E-state index contributed by atoms with van der Waals surface area (Å²) in [4.78, 5) is 0. The van der Waals surface area contributed by atoms with E-state index in [0.29, 0.717) is 18.6 Å². The van der Waals surface area contributed by atoms with Crippen LogP contribution in [-0.4, -0.2) is 18.8 Å². The molecule has 0 aliphatic carbocycles. The average Bonchev–Trinajstić information content (AvgIpc) is 2.25. The van der Waals surface area contributed by atoms with Gasteiger partial charge < -0.3 is 15.6 Å². The number of hydrogen-bond acceptors (Lipinski definition) is 3. The van der Waals surface area contributed by atoms with Crippen molar-refractivity contribution in [3.63, 3.8) is 0 Å². The van der Waals surface area contributed by atoms with Crippen molar-refractivity contribution >= 4 is 0 Å². The zero-order valence-electron chi connectivity index (χ0n) is 8.74. The molecule has 0 amide bonds. The molecule has 4 heteroatoms. The van der Waals surface area contributed by atoms with Gasteiger partial charge in [-0.25, -0.2) is 4.39 Å². The molecule has 3 nitrogen and oxygen atoms in total. The monoisotopic (exact) mass is 213 g/mol. The molecule has 0 unspecified atom stereocenters. The van der Waals surface area contributed by atoms with Crippen LogP contribution in [-0.2, 0) is 0 Å². The van der Waals surface area contributed by atoms with Crippen LogP contribution >= 0.6 is 0 Å². The number of ether oxygens (including phenoxy) is 1. The molecule has 0 spiro atoms. The van der Waals surface area contributed by atoms with Crippen LogP contribution in [0.2, 0.25) is 0 Å². The summed E-state index contributed by atoms with van der Waals surface area (Å²) in [6.07, 6.45) is 1.28. The van der Waals surface area contributed by atoms with Gasteiger partial charge in [-0.2, -0.15) is 0 Å². The van der Waals surface area contributed by atoms with Crippen molar-refractivity contribution in [1.82, 2.24) is 0 Å². The smallest absolute Gasteiger partial charge is 0.126 e. The van der Waals surface area contributed by atoms with Crippen LogP contribution in [0, 0.1) is 5.82 Å². The van der Waals surface area contributed by atoms with Crippen LogP contribution in [0.4, 0.5) is 4.39 Å². The molecule has 1 rings (SSSR count). The van der Waals surface area contributed by atoms with Gasteiger partial charge in [-0.05, 0) is 18.9 Å². The number of aliphatic hydroxyl groups excluding tert-OH is 1. The third-order valence-corrected chi connectivity index (χ3v) is 2.27. The van der Waals surface area contributed by atoms with Gasteiger partial charge in [0, 0.05) is 24.3 Å². The highest BCUT2D eigenvalue weighted by molar-refractivity contribution is 5.36. The van der Waals surface area contributed by atoms with Gasteiger partial charge in [0.05, 0.1) is 7.11 Å². The molecule has 0 aromatic heterocycles. The SMILES string of the molecule is COc1cc(F)ccc1[C@@H](N)CCCO. The van der Waals surface area contributed by atoms with E-state index in [1.54, 1.807) is 6.07 Å². The first-order valence-corrected chi connectivity index (χ1v) is 4.89. The molecule has 0 aliphatic heterocycles. The Morgan fingerprint density at radius 3 is 2.87 bits per heavy atom. The van der Waals surface area contributed by atoms with Crippen molar-refractivity contribution in [2.45, 2.75) is 18.9 Å². The lowest BCUT2D eigenvalue weighted by Crippen LogP contribution is -2.12. The average molecular weight is 213 g/mol. The molecule has 0 bridgehead atoms. The zero-order valence-corrected chi connectivity index (χ0v) is 8.74. The minimum Gasteiger partial charge on any atom is -0.496 e. The second-order valence-electron chi connectivity index (χ2n) is 3.36. The predicted molar refractivity (Wildman–Crippen MR) is 56.2 cm³/mol. The quantitative estimate of drug-likeness (QED) is 0.781. The first-order chi connectivity index (χ1) is 7.19. The summed E-state index contributed by atoms with van der Waals surface area (Å²) < 4.78 is 17.9. The van der Waals surface area contributed by atoms with Crippen molar-refractivity contribution in [3.8, 4) is 5.75 Å². The van der Waals surface area contributed by atoms with Gasteiger partial charge in [0.2, 0.25) is 0 Å². The van der Waals surface area contributed by atoms with Crippen molar-refractivity contribution in [2.24, 2.45) is 5.73 Å². The molecule has 1 atom stereocenters. The highest BCUT2D eigenvalue weighted by atomic mass is 19.1. The second-order valence-corrected chi connectivity index (χ2v) is 3.36. The van der Waals surface area contributed by atoms with E-state index in [1.165, 1.54) is 19.2 Å². The number of rotatable bonds is 5. The summed E-state index contributed by atoms with van der Waals surface area (Å²) in [7, 11) is 1.48. The van der Waals surface area contributed by atoms with Crippen molar-refractivity contribution in [1.29, 1.82) is 0 Å². The van der Waals surface area contributed by atoms with Gasteiger partial charge in [-0.15, -0.1) is 0 Å². The predicted octanol–water partition coefficient (Wildman–Crippen LogP) is 1.61. The molecule has 3 N–H and O–H groups in total. The molecule has 0 radical (unpaired) electrons. The van der Waals surface area contributed by atoms with Gasteiger partial charge in [-0.3, -0.25) is 0 Å². The fourth-order valence-corrected chi connectivity index (χ4v) is 1.46. The largest absolute Gasteiger partial charge is 0.496 e. The molecule has 1 aromatic carbocycles. The molecular formula is C11H16FNO2. The minimum atomic E-state index is -0.343. The lowest BCUT2D eigenvalue weighted by Gasteiger charge is -2.15. The number of methoxy groups -OCH3 is 1. The number of hydrogen-bond donors (Lipinski definition) is 2. The summed E-state index contributed by atoms with van der Waals surface area (Å²) >= 11 is 0. The molecule has 0 aliphatic rings. The van der Waals surface area contributed by atoms with E-state index in [9.17, 15) is 4.39 Å². The van der Waals surface area contributed by atoms with Gasteiger partial charge in [-0.1, -0.05) is 6.07 Å². The third-order valence-electron chi connectivity index (χ3n) is 2.27. The molecule has 0 saturated carbocycles. The molecule has 1 aromatic rings. The zero-order chi connectivity index (χ0) is 11.3. The highest BCUT2D eigenvalue weighted by Crippen LogP contribution is 2.26. The number of benzene rings is 1. The fraction of sp³-hybridized carbons (Fsp3) is 0.455. The Balaban J connectivity index is 2.82. The molecular weight excluding hydrogens is 197 g/mol. The molecule has 15 heavy (non-hydrogen) atoms. The summed E-state index contributed by atoms with van der Waals surface area (Å²) in [5.41, 5.74) is 6.66. The molecule has 0 saturated heterocycles. The lowest BCUT2D eigenvalue weighted by atomic mass is 10.0. The summed E-state index contributed by atoms with van der Waals surface area (Å²) in [5, 5.41) is 8.69. The normalized spacial score (nSPS) is 12.5. The first-order valence-electron chi connectivity index (χ1n) is 4.89. The summed E-state index contributed by atoms with van der Waals surface area (Å²) in [6, 6.07) is 4.06. The lowest BCUT2D eigenvalue weighted by molar-refractivity contribution is 0.279. The van der Waals surface area contributed by atoms with Crippen LogP contribution in [0.1, 0.15) is 24.4 Å². The van der Waals surface area contributed by atoms with Crippen LogP contribution in [0.25, 0.3) is 0 Å². The Kier molecular flexibility index (Phi) is 4.52. The van der Waals surface area contributed by atoms with Gasteiger partial charge in [0.15, 0.2) is 0 Å². The van der Waals surface area contributed by atoms with E-state index in [-0.39, 0.29) is 18.5 Å².